The van der Waals surface area contributed by atoms with E-state index in [-0.39, 0.29) is 11.7 Å². The molecule has 0 heterocycles. The molecule has 1 N–H and O–H groups in total. The second kappa shape index (κ2) is 16.4. The van der Waals surface area contributed by atoms with Gasteiger partial charge in [-0.3, -0.25) is 4.79 Å². The molecule has 0 saturated carbocycles. The van der Waals surface area contributed by atoms with E-state index in [1.54, 1.807) is 6.08 Å². The van der Waals surface area contributed by atoms with Crippen LogP contribution in [0.2, 0.25) is 0 Å². The third-order valence-corrected chi connectivity index (χ3v) is 2.57. The van der Waals surface area contributed by atoms with E-state index in [4.69, 9.17) is 5.11 Å². The van der Waals surface area contributed by atoms with Crippen LogP contribution in [0, 0.1) is 5.92 Å². The molecule has 0 unspecified atom stereocenters. The van der Waals surface area contributed by atoms with E-state index in [9.17, 15) is 4.79 Å². The number of allylic oxidation sites excluding steroid dienone is 2. The number of rotatable bonds is 9. The first kappa shape index (κ1) is 19.7. The molecule has 0 amide bonds. The third kappa shape index (κ3) is 17.8. The number of ketones is 1. The van der Waals surface area contributed by atoms with Crippen molar-refractivity contribution in [3.63, 3.8) is 0 Å². The summed E-state index contributed by atoms with van der Waals surface area (Å²) in [6, 6.07) is 0. The lowest BCUT2D eigenvalue weighted by atomic mass is 10.1. The second-order valence-corrected chi connectivity index (χ2v) is 4.89. The van der Waals surface area contributed by atoms with Gasteiger partial charge in [0.15, 0.2) is 5.78 Å². The van der Waals surface area contributed by atoms with Crippen molar-refractivity contribution in [1.82, 2.24) is 0 Å². The Bertz CT molecular complexity index is 189. The van der Waals surface area contributed by atoms with Gasteiger partial charge in [-0.1, -0.05) is 65.9 Å². The minimum atomic E-state index is 0.146. The summed E-state index contributed by atoms with van der Waals surface area (Å²) in [5.41, 5.74) is 0. The Kier molecular flexibility index (Phi) is 17.9. The highest BCUT2D eigenvalue weighted by Crippen LogP contribution is 2.00. The zero-order chi connectivity index (χ0) is 14.2. The fourth-order valence-corrected chi connectivity index (χ4v) is 1.27. The number of unbranched alkanes of at least 4 members (excludes halogenated alkanes) is 5. The number of carbonyl (C=O) groups is 1. The largest absolute Gasteiger partial charge is 0.396 e. The summed E-state index contributed by atoms with van der Waals surface area (Å²) in [6.45, 7) is 8.49. The van der Waals surface area contributed by atoms with Gasteiger partial charge in [0.2, 0.25) is 0 Å². The average Bonchev–Trinajstić information content (AvgIpc) is 2.35. The van der Waals surface area contributed by atoms with E-state index in [1.165, 1.54) is 25.7 Å². The Hall–Kier alpha value is -0.630. The molecule has 2 heteroatoms. The standard InChI is InChI=1S/C9H16O.C7H16O/c1-4-5-6-7-9(10)8(2)3;1-2-3-4-5-6-7-8/h6-8H,4-5H2,1-3H3;8H,2-7H2,1H3. The highest BCUT2D eigenvalue weighted by atomic mass is 16.2. The van der Waals surface area contributed by atoms with Gasteiger partial charge in [0.1, 0.15) is 0 Å². The molecule has 108 valence electrons. The zero-order valence-corrected chi connectivity index (χ0v) is 12.7. The molecule has 0 rings (SSSR count). The number of hydrogen-bond donors (Lipinski definition) is 1. The van der Waals surface area contributed by atoms with Crippen LogP contribution in [0.15, 0.2) is 12.2 Å². The van der Waals surface area contributed by atoms with Gasteiger partial charge in [-0.25, -0.2) is 0 Å². The maximum Gasteiger partial charge on any atom is 0.157 e. The van der Waals surface area contributed by atoms with E-state index >= 15 is 0 Å². The Morgan fingerprint density at radius 2 is 1.67 bits per heavy atom. The van der Waals surface area contributed by atoms with Crippen molar-refractivity contribution in [3.05, 3.63) is 12.2 Å². The van der Waals surface area contributed by atoms with Crippen LogP contribution in [0.25, 0.3) is 0 Å². The quantitative estimate of drug-likeness (QED) is 0.486. The summed E-state index contributed by atoms with van der Waals surface area (Å²) in [5, 5.41) is 8.37. The van der Waals surface area contributed by atoms with Gasteiger partial charge < -0.3 is 5.11 Å². The van der Waals surface area contributed by atoms with E-state index in [1.807, 2.05) is 19.9 Å². The first-order valence-electron chi connectivity index (χ1n) is 7.41. The normalized spacial score (nSPS) is 10.6. The minimum Gasteiger partial charge on any atom is -0.396 e. The first-order valence-corrected chi connectivity index (χ1v) is 7.41. The molecule has 0 spiro atoms. The Balaban J connectivity index is 0. The summed E-state index contributed by atoms with van der Waals surface area (Å²) in [5.74, 6) is 0.376. The molecule has 0 aliphatic heterocycles. The van der Waals surface area contributed by atoms with Gasteiger partial charge in [0.05, 0.1) is 0 Å². The lowest BCUT2D eigenvalue weighted by molar-refractivity contribution is -0.117. The van der Waals surface area contributed by atoms with Crippen LogP contribution in [-0.4, -0.2) is 17.5 Å². The van der Waals surface area contributed by atoms with Crippen molar-refractivity contribution in [2.24, 2.45) is 5.92 Å². The summed E-state index contributed by atoms with van der Waals surface area (Å²) in [7, 11) is 0. The lowest BCUT2D eigenvalue weighted by Crippen LogP contribution is -2.01. The van der Waals surface area contributed by atoms with Crippen LogP contribution in [0.5, 0.6) is 0 Å². The molecule has 0 aromatic rings. The monoisotopic (exact) mass is 256 g/mol. The predicted molar refractivity (Wildman–Crippen MR) is 79.7 cm³/mol. The molecule has 0 aromatic carbocycles. The van der Waals surface area contributed by atoms with Gasteiger partial charge in [-0.15, -0.1) is 0 Å². The fourth-order valence-electron chi connectivity index (χ4n) is 1.27. The summed E-state index contributed by atoms with van der Waals surface area (Å²) >= 11 is 0. The molecule has 0 aliphatic rings. The summed E-state index contributed by atoms with van der Waals surface area (Å²) < 4.78 is 0. The number of hydrogen-bond acceptors (Lipinski definition) is 2. The molecular formula is C16H32O2. The van der Waals surface area contributed by atoms with E-state index in [0.717, 1.165) is 19.3 Å². The summed E-state index contributed by atoms with van der Waals surface area (Å²) in [4.78, 5) is 10.9. The SMILES string of the molecule is CCCC=CC(=O)C(C)C.CCCCCCCO. The van der Waals surface area contributed by atoms with Gasteiger partial charge in [0.25, 0.3) is 0 Å². The predicted octanol–water partition coefficient (Wildman–Crippen LogP) is 4.52. The molecule has 18 heavy (non-hydrogen) atoms. The Labute approximate surface area is 113 Å². The minimum absolute atomic E-state index is 0.146. The summed E-state index contributed by atoms with van der Waals surface area (Å²) in [6.07, 6.45) is 11.8. The van der Waals surface area contributed by atoms with Crippen LogP contribution in [0.4, 0.5) is 0 Å². The Morgan fingerprint density at radius 1 is 1.06 bits per heavy atom. The van der Waals surface area contributed by atoms with Crippen LogP contribution in [0.3, 0.4) is 0 Å². The molecule has 0 bridgehead atoms. The van der Waals surface area contributed by atoms with E-state index in [2.05, 4.69) is 13.8 Å². The van der Waals surface area contributed by atoms with Crippen molar-refractivity contribution in [2.75, 3.05) is 6.61 Å². The van der Waals surface area contributed by atoms with E-state index in [0.29, 0.717) is 6.61 Å². The fraction of sp³-hybridized carbons (Fsp3) is 0.812. The number of aliphatic hydroxyl groups is 1. The molecule has 0 aliphatic carbocycles. The average molecular weight is 256 g/mol. The molecule has 0 fully saturated rings. The first-order chi connectivity index (χ1) is 8.59. The van der Waals surface area contributed by atoms with E-state index < -0.39 is 0 Å². The molecule has 0 aromatic heterocycles. The Morgan fingerprint density at radius 3 is 2.11 bits per heavy atom. The van der Waals surface area contributed by atoms with Gasteiger partial charge in [0, 0.05) is 12.5 Å². The van der Waals surface area contributed by atoms with Gasteiger partial charge in [-0.2, -0.15) is 0 Å². The van der Waals surface area contributed by atoms with Crippen molar-refractivity contribution in [2.45, 2.75) is 72.6 Å². The maximum absolute atomic E-state index is 10.9. The number of carbonyl (C=O) groups excluding carboxylic acids is 1. The second-order valence-electron chi connectivity index (χ2n) is 4.89. The molecule has 0 radical (unpaired) electrons. The van der Waals surface area contributed by atoms with Gasteiger partial charge in [-0.05, 0) is 18.9 Å². The van der Waals surface area contributed by atoms with Crippen molar-refractivity contribution in [1.29, 1.82) is 0 Å². The topological polar surface area (TPSA) is 37.3 Å². The van der Waals surface area contributed by atoms with Crippen LogP contribution in [0.1, 0.15) is 72.6 Å². The molecular weight excluding hydrogens is 224 g/mol. The molecule has 0 saturated heterocycles. The third-order valence-electron chi connectivity index (χ3n) is 2.57. The zero-order valence-electron chi connectivity index (χ0n) is 12.7. The van der Waals surface area contributed by atoms with Crippen molar-refractivity contribution in [3.8, 4) is 0 Å². The lowest BCUT2D eigenvalue weighted by Gasteiger charge is -1.95. The van der Waals surface area contributed by atoms with Crippen LogP contribution >= 0.6 is 0 Å². The highest BCUT2D eigenvalue weighted by molar-refractivity contribution is 5.91. The van der Waals surface area contributed by atoms with Crippen molar-refractivity contribution < 1.29 is 9.90 Å². The van der Waals surface area contributed by atoms with Crippen LogP contribution < -0.4 is 0 Å². The number of aliphatic hydroxyl groups excluding tert-OH is 1. The molecule has 2 nitrogen and oxygen atoms in total. The molecule has 0 atom stereocenters. The van der Waals surface area contributed by atoms with Gasteiger partial charge >= 0.3 is 0 Å². The highest BCUT2D eigenvalue weighted by Gasteiger charge is 1.99. The van der Waals surface area contributed by atoms with Crippen LogP contribution in [-0.2, 0) is 4.79 Å². The smallest absolute Gasteiger partial charge is 0.157 e. The maximum atomic E-state index is 10.9. The van der Waals surface area contributed by atoms with Crippen molar-refractivity contribution >= 4 is 5.78 Å².